The molecule has 0 bridgehead atoms. The molecule has 0 spiro atoms. The molecule has 3 rings (SSSR count). The summed E-state index contributed by atoms with van der Waals surface area (Å²) in [5.74, 6) is 0.813. The number of nitrogen functional groups attached to an aromatic ring is 1. The van der Waals surface area contributed by atoms with Crippen molar-refractivity contribution < 1.29 is 4.74 Å². The standard InChI is InChI=1S/C21H20N2O/c1-2-24-18-12-13-21-19(15-18)20(22)14-17(23-21)11-7-6-10-16-8-4-3-5-9-16/h3-15H,2H2,1H3,(H2,22,23). The molecule has 1 heterocycles. The van der Waals surface area contributed by atoms with Crippen molar-refractivity contribution in [2.75, 3.05) is 12.3 Å². The maximum atomic E-state index is 6.17. The maximum Gasteiger partial charge on any atom is 0.120 e. The highest BCUT2D eigenvalue weighted by molar-refractivity contribution is 5.92. The predicted molar refractivity (Wildman–Crippen MR) is 102 cm³/mol. The number of rotatable bonds is 5. The van der Waals surface area contributed by atoms with Crippen LogP contribution in [0.1, 0.15) is 18.2 Å². The number of aromatic nitrogens is 1. The van der Waals surface area contributed by atoms with Gasteiger partial charge in [-0.25, -0.2) is 4.98 Å². The van der Waals surface area contributed by atoms with Gasteiger partial charge >= 0.3 is 0 Å². The molecule has 0 atom stereocenters. The molecule has 0 aliphatic carbocycles. The first-order valence-electron chi connectivity index (χ1n) is 7.99. The van der Waals surface area contributed by atoms with Crippen LogP contribution in [0.15, 0.2) is 66.7 Å². The van der Waals surface area contributed by atoms with Crippen LogP contribution in [0.3, 0.4) is 0 Å². The molecule has 2 aromatic carbocycles. The molecule has 1 aromatic heterocycles. The van der Waals surface area contributed by atoms with Crippen LogP contribution in [0.25, 0.3) is 23.1 Å². The van der Waals surface area contributed by atoms with Crippen molar-refractivity contribution >= 4 is 28.7 Å². The summed E-state index contributed by atoms with van der Waals surface area (Å²) in [6.45, 7) is 2.59. The average molecular weight is 316 g/mol. The molecule has 120 valence electrons. The molecule has 3 aromatic rings. The lowest BCUT2D eigenvalue weighted by atomic mass is 10.1. The van der Waals surface area contributed by atoms with E-state index in [9.17, 15) is 0 Å². The monoisotopic (exact) mass is 316 g/mol. The van der Waals surface area contributed by atoms with Crippen LogP contribution < -0.4 is 10.5 Å². The van der Waals surface area contributed by atoms with Crippen molar-refractivity contribution in [3.63, 3.8) is 0 Å². The number of hydrogen-bond acceptors (Lipinski definition) is 3. The summed E-state index contributed by atoms with van der Waals surface area (Å²) in [4.78, 5) is 4.63. The molecule has 0 aliphatic rings. The maximum absolute atomic E-state index is 6.17. The van der Waals surface area contributed by atoms with E-state index in [1.54, 1.807) is 0 Å². The lowest BCUT2D eigenvalue weighted by Crippen LogP contribution is -1.95. The van der Waals surface area contributed by atoms with Crippen molar-refractivity contribution in [3.8, 4) is 5.75 Å². The topological polar surface area (TPSA) is 48.1 Å². The van der Waals surface area contributed by atoms with Gasteiger partial charge in [0, 0.05) is 11.1 Å². The van der Waals surface area contributed by atoms with E-state index < -0.39 is 0 Å². The Balaban J connectivity index is 1.81. The second-order valence-corrected chi connectivity index (χ2v) is 5.38. The molecule has 0 radical (unpaired) electrons. The summed E-state index contributed by atoms with van der Waals surface area (Å²) >= 11 is 0. The van der Waals surface area contributed by atoms with E-state index >= 15 is 0 Å². The molecule has 0 unspecified atom stereocenters. The third-order valence-corrected chi connectivity index (χ3v) is 3.61. The van der Waals surface area contributed by atoms with E-state index in [4.69, 9.17) is 10.5 Å². The first kappa shape index (κ1) is 15.8. The van der Waals surface area contributed by atoms with E-state index in [1.807, 2.05) is 67.6 Å². The lowest BCUT2D eigenvalue weighted by molar-refractivity contribution is 0.340. The average Bonchev–Trinajstić information content (AvgIpc) is 2.60. The number of anilines is 1. The summed E-state index contributed by atoms with van der Waals surface area (Å²) in [5.41, 5.74) is 9.74. The minimum atomic E-state index is 0.632. The Kier molecular flexibility index (Phi) is 4.92. The van der Waals surface area contributed by atoms with Gasteiger partial charge in [-0.1, -0.05) is 48.6 Å². The molecule has 0 saturated heterocycles. The number of pyridine rings is 1. The molecule has 3 heteroatoms. The van der Waals surface area contributed by atoms with Gasteiger partial charge in [0.25, 0.3) is 0 Å². The van der Waals surface area contributed by atoms with Crippen molar-refractivity contribution in [1.82, 2.24) is 4.98 Å². The van der Waals surface area contributed by atoms with E-state index in [0.29, 0.717) is 12.3 Å². The Hall–Kier alpha value is -3.07. The first-order chi connectivity index (χ1) is 11.8. The zero-order valence-corrected chi connectivity index (χ0v) is 13.6. The molecular weight excluding hydrogens is 296 g/mol. The molecule has 0 amide bonds. The second-order valence-electron chi connectivity index (χ2n) is 5.38. The normalized spacial score (nSPS) is 11.5. The van der Waals surface area contributed by atoms with Crippen LogP contribution in [0.5, 0.6) is 5.75 Å². The van der Waals surface area contributed by atoms with Crippen molar-refractivity contribution in [1.29, 1.82) is 0 Å². The molecule has 3 nitrogen and oxygen atoms in total. The molecular formula is C21H20N2O. The zero-order chi connectivity index (χ0) is 16.8. The highest BCUT2D eigenvalue weighted by Crippen LogP contribution is 2.25. The minimum absolute atomic E-state index is 0.632. The number of benzene rings is 2. The van der Waals surface area contributed by atoms with Crippen LogP contribution in [-0.2, 0) is 0 Å². The van der Waals surface area contributed by atoms with Crippen molar-refractivity contribution in [2.45, 2.75) is 6.92 Å². The zero-order valence-electron chi connectivity index (χ0n) is 13.6. The van der Waals surface area contributed by atoms with Crippen molar-refractivity contribution in [3.05, 3.63) is 78.0 Å². The van der Waals surface area contributed by atoms with Crippen LogP contribution in [0.2, 0.25) is 0 Å². The Morgan fingerprint density at radius 2 is 1.79 bits per heavy atom. The number of nitrogens with zero attached hydrogens (tertiary/aromatic N) is 1. The van der Waals surface area contributed by atoms with Gasteiger partial charge in [-0.3, -0.25) is 0 Å². The van der Waals surface area contributed by atoms with Crippen molar-refractivity contribution in [2.24, 2.45) is 0 Å². The third kappa shape index (κ3) is 3.82. The van der Waals surface area contributed by atoms with Gasteiger partial charge in [0.15, 0.2) is 0 Å². The summed E-state index contributed by atoms with van der Waals surface area (Å²) in [6, 6.07) is 17.8. The van der Waals surface area contributed by atoms with Gasteiger partial charge in [0.1, 0.15) is 5.75 Å². The van der Waals surface area contributed by atoms with Crippen LogP contribution in [-0.4, -0.2) is 11.6 Å². The van der Waals surface area contributed by atoms with Crippen LogP contribution in [0, 0.1) is 0 Å². The smallest absolute Gasteiger partial charge is 0.120 e. The fraction of sp³-hybridized carbons (Fsp3) is 0.0952. The summed E-state index contributed by atoms with van der Waals surface area (Å²) in [6.07, 6.45) is 7.96. The summed E-state index contributed by atoms with van der Waals surface area (Å²) in [5, 5.41) is 0.915. The molecule has 24 heavy (non-hydrogen) atoms. The Morgan fingerprint density at radius 1 is 1.00 bits per heavy atom. The van der Waals surface area contributed by atoms with Gasteiger partial charge in [-0.2, -0.15) is 0 Å². The summed E-state index contributed by atoms with van der Waals surface area (Å²) < 4.78 is 5.51. The quantitative estimate of drug-likeness (QED) is 0.678. The second kappa shape index (κ2) is 7.47. The van der Waals surface area contributed by atoms with Gasteiger partial charge < -0.3 is 10.5 Å². The van der Waals surface area contributed by atoms with E-state index in [2.05, 4.69) is 23.2 Å². The Morgan fingerprint density at radius 3 is 2.58 bits per heavy atom. The molecule has 0 fully saturated rings. The Labute approximate surface area is 142 Å². The van der Waals surface area contributed by atoms with Crippen LogP contribution >= 0.6 is 0 Å². The van der Waals surface area contributed by atoms with Gasteiger partial charge in [0.2, 0.25) is 0 Å². The number of nitrogens with two attached hydrogens (primary N) is 1. The number of fused-ring (bicyclic) bond motifs is 1. The predicted octanol–water partition coefficient (Wildman–Crippen LogP) is 4.94. The highest BCUT2D eigenvalue weighted by atomic mass is 16.5. The third-order valence-electron chi connectivity index (χ3n) is 3.61. The minimum Gasteiger partial charge on any atom is -0.494 e. The number of hydrogen-bond donors (Lipinski definition) is 1. The highest BCUT2D eigenvalue weighted by Gasteiger charge is 2.03. The van der Waals surface area contributed by atoms with E-state index in [-0.39, 0.29) is 0 Å². The SMILES string of the molecule is CCOc1ccc2nc(C=CC=Cc3ccccc3)cc(N)c2c1. The van der Waals surface area contributed by atoms with Crippen LogP contribution in [0.4, 0.5) is 5.69 Å². The Bertz CT molecular complexity index is 883. The molecule has 2 N–H and O–H groups in total. The van der Waals surface area contributed by atoms with Gasteiger partial charge in [0.05, 0.1) is 17.8 Å². The van der Waals surface area contributed by atoms with Gasteiger partial charge in [-0.05, 0) is 42.8 Å². The lowest BCUT2D eigenvalue weighted by Gasteiger charge is -2.07. The molecule has 0 saturated carbocycles. The van der Waals surface area contributed by atoms with E-state index in [1.165, 1.54) is 0 Å². The fourth-order valence-electron chi connectivity index (χ4n) is 2.48. The molecule has 0 aliphatic heterocycles. The number of ether oxygens (including phenoxy) is 1. The first-order valence-corrected chi connectivity index (χ1v) is 7.99. The van der Waals surface area contributed by atoms with Gasteiger partial charge in [-0.15, -0.1) is 0 Å². The summed E-state index contributed by atoms with van der Waals surface area (Å²) in [7, 11) is 0. The largest absolute Gasteiger partial charge is 0.494 e. The number of allylic oxidation sites excluding steroid dienone is 2. The fourth-order valence-corrected chi connectivity index (χ4v) is 2.48. The van der Waals surface area contributed by atoms with E-state index in [0.717, 1.165) is 27.9 Å².